The van der Waals surface area contributed by atoms with Gasteiger partial charge in [-0.25, -0.2) is 4.98 Å². The number of carbonyl (C=O) groups is 3. The van der Waals surface area contributed by atoms with Crippen LogP contribution in [0.2, 0.25) is 0 Å². The lowest BCUT2D eigenvalue weighted by molar-refractivity contribution is -0.160. The Hall–Kier alpha value is -5.02. The molecule has 3 aromatic carbocycles. The number of fused-ring (bicyclic) bond motifs is 2. The van der Waals surface area contributed by atoms with Crippen LogP contribution in [0.4, 0.5) is 5.69 Å². The molecule has 14 nitrogen and oxygen atoms in total. The summed E-state index contributed by atoms with van der Waals surface area (Å²) in [6, 6.07) is 20.3. The molecule has 4 aliphatic rings. The van der Waals surface area contributed by atoms with Gasteiger partial charge in [-0.3, -0.25) is 19.3 Å². The lowest BCUT2D eigenvalue weighted by Gasteiger charge is -2.47. The molecule has 1 aliphatic carbocycles. The van der Waals surface area contributed by atoms with Crippen molar-refractivity contribution in [3.05, 3.63) is 83.7 Å². The zero-order valence-corrected chi connectivity index (χ0v) is 35.3. The Kier molecular flexibility index (Phi) is 14.2. The number of piperidine rings is 1. The van der Waals surface area contributed by atoms with E-state index in [1.54, 1.807) is 12.4 Å². The number of benzene rings is 3. The van der Waals surface area contributed by atoms with Crippen LogP contribution in [0.5, 0.6) is 11.5 Å². The molecule has 2 saturated heterocycles. The molecule has 8 rings (SSSR count). The number of imidazole rings is 1. The summed E-state index contributed by atoms with van der Waals surface area (Å²) in [6.45, 7) is 7.70. The number of ether oxygens (including phenoxy) is 3. The predicted octanol–water partition coefficient (Wildman–Crippen LogP) is 4.91. The van der Waals surface area contributed by atoms with Crippen molar-refractivity contribution in [1.29, 1.82) is 0 Å². The second-order valence-corrected chi connectivity index (χ2v) is 17.1. The average Bonchev–Trinajstić information content (AvgIpc) is 3.69. The van der Waals surface area contributed by atoms with Gasteiger partial charge in [0, 0.05) is 51.9 Å². The van der Waals surface area contributed by atoms with E-state index in [9.17, 15) is 19.5 Å². The summed E-state index contributed by atoms with van der Waals surface area (Å²) in [5.41, 5.74) is 5.33. The van der Waals surface area contributed by atoms with E-state index in [0.717, 1.165) is 81.2 Å². The van der Waals surface area contributed by atoms with E-state index in [-0.39, 0.29) is 48.3 Å². The first kappa shape index (κ1) is 42.7. The van der Waals surface area contributed by atoms with Crippen molar-refractivity contribution < 1.29 is 33.7 Å². The van der Waals surface area contributed by atoms with Gasteiger partial charge in [-0.15, -0.1) is 0 Å². The zero-order chi connectivity index (χ0) is 42.0. The molecule has 1 saturated carbocycles. The summed E-state index contributed by atoms with van der Waals surface area (Å²) in [6.07, 6.45) is 11.0. The number of rotatable bonds is 17. The van der Waals surface area contributed by atoms with Gasteiger partial charge in [0.25, 0.3) is 5.91 Å². The third-order valence-electron chi connectivity index (χ3n) is 12.9. The Labute approximate surface area is 358 Å². The number of likely N-dealkylation sites (tertiary alicyclic amines) is 1. The van der Waals surface area contributed by atoms with Crippen LogP contribution in [0.15, 0.2) is 67.0 Å². The first-order chi connectivity index (χ1) is 29.8. The zero-order valence-electron chi connectivity index (χ0n) is 35.3. The summed E-state index contributed by atoms with van der Waals surface area (Å²) in [5, 5.41) is 16.3. The highest BCUT2D eigenvalue weighted by atomic mass is 16.5. The molecule has 0 bridgehead atoms. The maximum absolute atomic E-state index is 13.6. The fraction of sp³-hybridized carbons (Fsp3) is 0.532. The Morgan fingerprint density at radius 1 is 0.967 bits per heavy atom. The molecule has 3 aliphatic heterocycles. The minimum Gasteiger partial charge on any atom is -0.506 e. The number of phenolic OH excluding ortho intramolecular Hbond substituents is 1. The number of anilines is 1. The molecule has 1 spiro atoms. The van der Waals surface area contributed by atoms with E-state index in [4.69, 9.17) is 14.2 Å². The standard InChI is InChI=1S/C47H61N7O7/c55-41-14-13-37(46-45(41)50-42(56)32-60-46)15-20-48-21-24-54(38-9-2-1-3-10-38)43(57)17-27-59-26-16-35-7-6-8-36(29-35)30-51-22-18-47(19-23-51)33-52(25-28-61-47)44(58)31-53-34-49-39-11-4-5-12-40(39)53/h4-8,11-14,29,34,38,48,55H,1-3,9-10,15-28,30-33H2,(H,50,56). The Bertz CT molecular complexity index is 2130. The second kappa shape index (κ2) is 20.2. The molecule has 3 fully saturated rings. The van der Waals surface area contributed by atoms with Crippen LogP contribution in [0.25, 0.3) is 11.0 Å². The molecule has 3 N–H and O–H groups in total. The molecule has 14 heteroatoms. The van der Waals surface area contributed by atoms with Gasteiger partial charge in [0.2, 0.25) is 11.8 Å². The van der Waals surface area contributed by atoms with E-state index >= 15 is 0 Å². The average molecular weight is 836 g/mol. The van der Waals surface area contributed by atoms with E-state index in [2.05, 4.69) is 49.7 Å². The first-order valence-corrected chi connectivity index (χ1v) is 22.3. The van der Waals surface area contributed by atoms with Crippen molar-refractivity contribution in [1.82, 2.24) is 29.6 Å². The summed E-state index contributed by atoms with van der Waals surface area (Å²) >= 11 is 0. The van der Waals surface area contributed by atoms with Crippen molar-refractivity contribution in [3.8, 4) is 11.5 Å². The van der Waals surface area contributed by atoms with Gasteiger partial charge in [-0.2, -0.15) is 0 Å². The number of amides is 3. The molecule has 0 atom stereocenters. The number of aromatic nitrogens is 2. The molecule has 4 heterocycles. The van der Waals surface area contributed by atoms with Gasteiger partial charge >= 0.3 is 0 Å². The van der Waals surface area contributed by atoms with Crippen molar-refractivity contribution >= 4 is 34.4 Å². The third-order valence-corrected chi connectivity index (χ3v) is 12.9. The maximum Gasteiger partial charge on any atom is 0.262 e. The van der Waals surface area contributed by atoms with Gasteiger partial charge < -0.3 is 44.3 Å². The lowest BCUT2D eigenvalue weighted by Crippen LogP contribution is -2.58. The number of carbonyl (C=O) groups excluding carboxylic acids is 3. The van der Waals surface area contributed by atoms with Crippen LogP contribution in [-0.4, -0.2) is 131 Å². The maximum atomic E-state index is 13.6. The van der Waals surface area contributed by atoms with Gasteiger partial charge in [0.15, 0.2) is 12.4 Å². The first-order valence-electron chi connectivity index (χ1n) is 22.3. The van der Waals surface area contributed by atoms with Gasteiger partial charge in [0.05, 0.1) is 49.2 Å². The number of hydrogen-bond donors (Lipinski definition) is 3. The van der Waals surface area contributed by atoms with Gasteiger partial charge in [-0.1, -0.05) is 61.7 Å². The lowest BCUT2D eigenvalue weighted by atomic mass is 9.89. The van der Waals surface area contributed by atoms with Crippen molar-refractivity contribution in [2.24, 2.45) is 0 Å². The minimum absolute atomic E-state index is 0.00507. The van der Waals surface area contributed by atoms with E-state index in [1.807, 2.05) is 39.8 Å². The highest BCUT2D eigenvalue weighted by Gasteiger charge is 2.41. The van der Waals surface area contributed by atoms with Gasteiger partial charge in [0.1, 0.15) is 18.0 Å². The third kappa shape index (κ3) is 10.9. The van der Waals surface area contributed by atoms with Crippen LogP contribution >= 0.6 is 0 Å². The molecule has 61 heavy (non-hydrogen) atoms. The number of phenols is 1. The number of morpholine rings is 1. The van der Waals surface area contributed by atoms with Crippen molar-refractivity contribution in [2.75, 3.05) is 77.6 Å². The van der Waals surface area contributed by atoms with Crippen LogP contribution in [0, 0.1) is 0 Å². The van der Waals surface area contributed by atoms with E-state index in [1.165, 1.54) is 17.5 Å². The summed E-state index contributed by atoms with van der Waals surface area (Å²) < 4.78 is 20.0. The Morgan fingerprint density at radius 2 is 1.80 bits per heavy atom. The smallest absolute Gasteiger partial charge is 0.262 e. The molecule has 3 amide bonds. The van der Waals surface area contributed by atoms with Gasteiger partial charge in [-0.05, 0) is 80.0 Å². The molecule has 326 valence electrons. The fourth-order valence-electron chi connectivity index (χ4n) is 9.46. The molecular formula is C47H61N7O7. The highest BCUT2D eigenvalue weighted by molar-refractivity contribution is 5.97. The number of para-hydroxylation sites is 2. The molecule has 4 aromatic rings. The summed E-state index contributed by atoms with van der Waals surface area (Å²) in [5.74, 6) is 0.499. The predicted molar refractivity (Wildman–Crippen MR) is 232 cm³/mol. The molecular weight excluding hydrogens is 775 g/mol. The number of hydrogen-bond acceptors (Lipinski definition) is 10. The number of nitrogens with zero attached hydrogens (tertiary/aromatic N) is 5. The second-order valence-electron chi connectivity index (χ2n) is 17.1. The highest BCUT2D eigenvalue weighted by Crippen LogP contribution is 2.39. The number of nitrogens with one attached hydrogen (secondary N) is 2. The summed E-state index contributed by atoms with van der Waals surface area (Å²) in [7, 11) is 0. The Balaban J connectivity index is 0.740. The quantitative estimate of drug-likeness (QED) is 0.0990. The normalized spacial score (nSPS) is 18.2. The van der Waals surface area contributed by atoms with E-state index in [0.29, 0.717) is 76.8 Å². The van der Waals surface area contributed by atoms with E-state index < -0.39 is 0 Å². The largest absolute Gasteiger partial charge is 0.506 e. The Morgan fingerprint density at radius 3 is 2.67 bits per heavy atom. The van der Waals surface area contributed by atoms with Crippen LogP contribution in [0.3, 0.4) is 0 Å². The molecule has 1 aromatic heterocycles. The van der Waals surface area contributed by atoms with Crippen molar-refractivity contribution in [3.63, 3.8) is 0 Å². The minimum atomic E-state index is -0.291. The monoisotopic (exact) mass is 835 g/mol. The topological polar surface area (TPSA) is 151 Å². The number of aromatic hydroxyl groups is 1. The SMILES string of the molecule is O=C1COc2c(CCNCCN(C(=O)CCOCCc3cccc(CN4CCC5(CC4)CN(C(=O)Cn4cnc6ccccc64)CCO5)c3)C3CCCCC3)ccc(O)c2N1. The molecule has 0 unspecified atom stereocenters. The summed E-state index contributed by atoms with van der Waals surface area (Å²) in [4.78, 5) is 49.7. The fourth-order valence-corrected chi connectivity index (χ4v) is 9.46. The van der Waals surface area contributed by atoms with Crippen LogP contribution < -0.4 is 15.4 Å². The van der Waals surface area contributed by atoms with Crippen molar-refractivity contribution in [2.45, 2.75) is 88.9 Å². The van der Waals surface area contributed by atoms with Crippen LogP contribution in [0.1, 0.15) is 68.1 Å². The van der Waals surface area contributed by atoms with Crippen LogP contribution in [-0.2, 0) is 49.8 Å². The molecule has 0 radical (unpaired) electrons.